The molecule has 232 valence electrons. The number of fused-ring (bicyclic) bond motifs is 1. The van der Waals surface area contributed by atoms with Gasteiger partial charge in [0.2, 0.25) is 5.91 Å². The average molecular weight is 591 g/mol. The number of imidazole rings is 1. The van der Waals surface area contributed by atoms with Crippen molar-refractivity contribution in [3.8, 4) is 0 Å². The highest BCUT2D eigenvalue weighted by molar-refractivity contribution is 5.83. The number of aromatic nitrogens is 4. The number of carbonyl (C=O) groups is 3. The van der Waals surface area contributed by atoms with Crippen LogP contribution in [0.1, 0.15) is 64.9 Å². The predicted octanol–water partition coefficient (Wildman–Crippen LogP) is 0.250. The minimum absolute atomic E-state index is 0.0980. The number of nitrogen functional groups attached to an aromatic ring is 1. The summed E-state index contributed by atoms with van der Waals surface area (Å²) in [6.07, 6.45) is -0.206. The lowest BCUT2D eigenvalue weighted by atomic mass is 9.91. The summed E-state index contributed by atoms with van der Waals surface area (Å²) in [5.74, 6) is 0.541. The molecule has 3 amide bonds. The first-order valence-electron chi connectivity index (χ1n) is 14.8. The van der Waals surface area contributed by atoms with Crippen LogP contribution in [0.3, 0.4) is 0 Å². The number of aliphatic hydroxyl groups excluding tert-OH is 2. The molecule has 2 unspecified atom stereocenters. The van der Waals surface area contributed by atoms with Crippen LogP contribution in [-0.4, -0.2) is 103 Å². The third-order valence-corrected chi connectivity index (χ3v) is 7.71. The molecule has 5 atom stereocenters. The fourth-order valence-corrected chi connectivity index (χ4v) is 5.50. The number of hydrogen-bond acceptors (Lipinski definition) is 11. The summed E-state index contributed by atoms with van der Waals surface area (Å²) in [5.41, 5.74) is 6.84. The van der Waals surface area contributed by atoms with Gasteiger partial charge in [-0.2, -0.15) is 0 Å². The van der Waals surface area contributed by atoms with Crippen molar-refractivity contribution in [3.05, 3.63) is 12.2 Å². The molecule has 2 aromatic heterocycles. The molecule has 42 heavy (non-hydrogen) atoms. The maximum absolute atomic E-state index is 12.4. The smallest absolute Gasteiger partial charge is 0.410 e. The number of nitrogens with two attached hydrogens (primary N) is 1. The van der Waals surface area contributed by atoms with E-state index < -0.39 is 36.6 Å². The van der Waals surface area contributed by atoms with Gasteiger partial charge in [0, 0.05) is 26.1 Å². The lowest BCUT2D eigenvalue weighted by Crippen LogP contribution is -2.42. The van der Waals surface area contributed by atoms with E-state index in [2.05, 4.69) is 25.6 Å². The lowest BCUT2D eigenvalue weighted by molar-refractivity contribution is -0.137. The second-order valence-electron chi connectivity index (χ2n) is 10.5. The van der Waals surface area contributed by atoms with Gasteiger partial charge in [0.05, 0.1) is 19.3 Å². The zero-order valence-electron chi connectivity index (χ0n) is 24.4. The van der Waals surface area contributed by atoms with E-state index in [1.165, 1.54) is 10.9 Å². The van der Waals surface area contributed by atoms with E-state index in [-0.39, 0.29) is 24.2 Å². The van der Waals surface area contributed by atoms with Crippen molar-refractivity contribution in [1.82, 2.24) is 35.1 Å². The Morgan fingerprint density at radius 2 is 1.95 bits per heavy atom. The lowest BCUT2D eigenvalue weighted by Gasteiger charge is -2.32. The summed E-state index contributed by atoms with van der Waals surface area (Å²) in [4.78, 5) is 50.9. The molecule has 3 aliphatic heterocycles. The number of aliphatic hydroxyl groups is 2. The van der Waals surface area contributed by atoms with Crippen LogP contribution in [0, 0.1) is 5.92 Å². The van der Waals surface area contributed by atoms with E-state index in [9.17, 15) is 24.6 Å². The largest absolute Gasteiger partial charge is 0.444 e. The summed E-state index contributed by atoms with van der Waals surface area (Å²) < 4.78 is 12.6. The number of anilines is 1. The first-order valence-corrected chi connectivity index (χ1v) is 14.8. The molecule has 15 heteroatoms. The summed E-state index contributed by atoms with van der Waals surface area (Å²) in [6, 6.07) is 0. The van der Waals surface area contributed by atoms with Crippen LogP contribution in [-0.2, 0) is 25.5 Å². The Hall–Kier alpha value is -3.56. The minimum Gasteiger partial charge on any atom is -0.444 e. The Balaban J connectivity index is 0.00000198. The Morgan fingerprint density at radius 3 is 2.62 bits per heavy atom. The molecule has 6 N–H and O–H groups in total. The van der Waals surface area contributed by atoms with Crippen LogP contribution in [0.4, 0.5) is 10.6 Å². The molecular weight excluding hydrogens is 548 g/mol. The van der Waals surface area contributed by atoms with Crippen molar-refractivity contribution in [2.75, 3.05) is 31.9 Å². The first kappa shape index (κ1) is 31.4. The fourth-order valence-electron chi connectivity index (χ4n) is 5.50. The highest BCUT2D eigenvalue weighted by atomic mass is 16.6. The van der Waals surface area contributed by atoms with Crippen LogP contribution in [0.15, 0.2) is 6.33 Å². The van der Waals surface area contributed by atoms with Gasteiger partial charge in [0.1, 0.15) is 29.7 Å². The third-order valence-electron chi connectivity index (χ3n) is 7.71. The van der Waals surface area contributed by atoms with Gasteiger partial charge in [-0.3, -0.25) is 14.2 Å². The molecule has 0 spiro atoms. The molecule has 5 heterocycles. The normalized spacial score (nSPS) is 26.1. The molecule has 0 radical (unpaired) electrons. The molecule has 0 aliphatic carbocycles. The number of ether oxygens (including phenoxy) is 2. The number of piperidine rings is 1. The summed E-state index contributed by atoms with van der Waals surface area (Å²) >= 11 is 0. The highest BCUT2D eigenvalue weighted by Gasteiger charge is 2.47. The molecular formula is C27H42N8O7. The Kier molecular flexibility index (Phi) is 10.5. The molecule has 3 saturated heterocycles. The predicted molar refractivity (Wildman–Crippen MR) is 151 cm³/mol. The van der Waals surface area contributed by atoms with Crippen LogP contribution in [0.2, 0.25) is 0 Å². The number of likely N-dealkylation sites (N-methyl/N-ethyl adjacent to an activating group) is 1. The van der Waals surface area contributed by atoms with Crippen LogP contribution >= 0.6 is 0 Å². The van der Waals surface area contributed by atoms with E-state index >= 15 is 0 Å². The number of nitrogens with zero attached hydrogens (tertiary/aromatic N) is 5. The van der Waals surface area contributed by atoms with Gasteiger partial charge in [-0.15, -0.1) is 0 Å². The van der Waals surface area contributed by atoms with Crippen molar-refractivity contribution in [2.24, 2.45) is 5.92 Å². The van der Waals surface area contributed by atoms with Gasteiger partial charge in [-0.1, -0.05) is 13.8 Å². The first-order chi connectivity index (χ1) is 20.2. The van der Waals surface area contributed by atoms with Crippen LogP contribution in [0.25, 0.3) is 11.2 Å². The van der Waals surface area contributed by atoms with E-state index in [1.54, 1.807) is 11.8 Å². The summed E-state index contributed by atoms with van der Waals surface area (Å²) in [5, 5.41) is 26.3. The second kappa shape index (κ2) is 14.1. The standard InChI is InChI=1S/C25H36N8O7.C2H6/c1-2-27-23(37)20-18(35)19(36)24(40-20)33-12-29-17-21(26)30-15(31-22(17)33)5-3-4-13-6-8-32(9-7-13)25(38)39-14-10-16(34)28-11-14;1-2/h12-14,18-20,24,35-36H,2-11H2,1H3,(H,27,37)(H,28,34)(H2,26,30,31);1-2H3/t14?,18-,19?,20+,24-;/m1./s1. The van der Waals surface area contributed by atoms with Gasteiger partial charge in [-0.05, 0) is 38.5 Å². The topological polar surface area (TPSA) is 207 Å². The minimum atomic E-state index is -1.41. The highest BCUT2D eigenvalue weighted by Crippen LogP contribution is 2.32. The number of aryl methyl sites for hydroxylation is 1. The monoisotopic (exact) mass is 590 g/mol. The Morgan fingerprint density at radius 1 is 1.21 bits per heavy atom. The average Bonchev–Trinajstić information content (AvgIpc) is 3.68. The molecule has 0 saturated carbocycles. The van der Waals surface area contributed by atoms with E-state index in [1.807, 2.05) is 13.8 Å². The van der Waals surface area contributed by atoms with Gasteiger partial charge in [0.15, 0.2) is 23.8 Å². The number of nitrogens with one attached hydrogen (secondary N) is 2. The van der Waals surface area contributed by atoms with E-state index in [0.717, 1.165) is 25.7 Å². The van der Waals surface area contributed by atoms with E-state index in [0.29, 0.717) is 55.5 Å². The molecule has 0 aromatic carbocycles. The number of amides is 3. The molecule has 5 rings (SSSR count). The van der Waals surface area contributed by atoms with Gasteiger partial charge in [-0.25, -0.2) is 19.7 Å². The molecule has 15 nitrogen and oxygen atoms in total. The second-order valence-corrected chi connectivity index (χ2v) is 10.5. The SMILES string of the molecule is CC.CCNC(=O)[C@H]1O[C@@H](n2cnc3c(N)nc(CCCC4CCN(C(=O)OC5CNC(=O)C5)CC4)nc32)C(O)[C@H]1O. The van der Waals surface area contributed by atoms with Crippen molar-refractivity contribution < 1.29 is 34.1 Å². The van der Waals surface area contributed by atoms with Gasteiger partial charge in [0.25, 0.3) is 5.91 Å². The fraction of sp³-hybridized carbons (Fsp3) is 0.704. The number of carbonyl (C=O) groups excluding carboxylic acids is 3. The quantitative estimate of drug-likeness (QED) is 0.281. The van der Waals surface area contributed by atoms with E-state index in [4.69, 9.17) is 15.2 Å². The summed E-state index contributed by atoms with van der Waals surface area (Å²) in [6.45, 7) is 7.70. The number of hydrogen-bond donors (Lipinski definition) is 5. The molecule has 2 aromatic rings. The molecule has 3 fully saturated rings. The zero-order valence-corrected chi connectivity index (χ0v) is 24.4. The maximum atomic E-state index is 12.4. The van der Waals surface area contributed by atoms with Crippen molar-refractivity contribution in [3.63, 3.8) is 0 Å². The third kappa shape index (κ3) is 6.90. The van der Waals surface area contributed by atoms with Gasteiger partial charge >= 0.3 is 6.09 Å². The van der Waals surface area contributed by atoms with Crippen molar-refractivity contribution in [1.29, 1.82) is 0 Å². The van der Waals surface area contributed by atoms with Crippen LogP contribution in [0.5, 0.6) is 0 Å². The number of rotatable bonds is 8. The van der Waals surface area contributed by atoms with Gasteiger partial charge < -0.3 is 41.0 Å². The summed E-state index contributed by atoms with van der Waals surface area (Å²) in [7, 11) is 0. The zero-order chi connectivity index (χ0) is 30.4. The number of likely N-dealkylation sites (tertiary alicyclic amines) is 1. The van der Waals surface area contributed by atoms with Crippen LogP contribution < -0.4 is 16.4 Å². The molecule has 3 aliphatic rings. The maximum Gasteiger partial charge on any atom is 0.410 e. The van der Waals surface area contributed by atoms with Crippen molar-refractivity contribution in [2.45, 2.75) is 89.9 Å². The molecule has 0 bridgehead atoms. The Bertz CT molecular complexity index is 1250. The Labute approximate surface area is 244 Å². The van der Waals surface area contributed by atoms with Crippen molar-refractivity contribution >= 4 is 34.9 Å².